The third-order valence-corrected chi connectivity index (χ3v) is 3.18. The topological polar surface area (TPSA) is 46.6 Å². The van der Waals surface area contributed by atoms with Crippen molar-refractivity contribution in [1.82, 2.24) is 4.90 Å². The van der Waals surface area contributed by atoms with Crippen molar-refractivity contribution in [2.24, 2.45) is 5.92 Å². The molecule has 92 valence electrons. The van der Waals surface area contributed by atoms with E-state index in [9.17, 15) is 9.59 Å². The monoisotopic (exact) mass is 227 g/mol. The smallest absolute Gasteiger partial charge is 0.302 e. The second-order valence-electron chi connectivity index (χ2n) is 4.56. The van der Waals surface area contributed by atoms with Gasteiger partial charge in [-0.1, -0.05) is 6.92 Å². The minimum atomic E-state index is -0.239. The molecule has 0 aromatic heterocycles. The average molecular weight is 227 g/mol. The van der Waals surface area contributed by atoms with Crippen molar-refractivity contribution in [2.75, 3.05) is 13.1 Å². The number of hydrogen-bond acceptors (Lipinski definition) is 3. The lowest BCUT2D eigenvalue weighted by Gasteiger charge is -2.22. The molecule has 4 heteroatoms. The fourth-order valence-corrected chi connectivity index (χ4v) is 1.91. The Kier molecular flexibility index (Phi) is 4.77. The molecule has 16 heavy (non-hydrogen) atoms. The minimum absolute atomic E-state index is 0.0739. The summed E-state index contributed by atoms with van der Waals surface area (Å²) in [7, 11) is 0. The lowest BCUT2D eigenvalue weighted by atomic mass is 10.0. The van der Waals surface area contributed by atoms with Gasteiger partial charge < -0.3 is 9.64 Å². The molecule has 1 aliphatic heterocycles. The van der Waals surface area contributed by atoms with Crippen LogP contribution in [-0.2, 0) is 14.3 Å². The summed E-state index contributed by atoms with van der Waals surface area (Å²) in [5.74, 6) is 0.307. The molecule has 0 spiro atoms. The standard InChI is InChI=1S/C12H21NO3/c1-9(10(2)16-11(3)14)6-8-13-7-4-5-12(13)15/h9-10H,4-8H2,1-3H3/t9-,10?/m1/s1. The highest BCUT2D eigenvalue weighted by atomic mass is 16.5. The first-order valence-corrected chi connectivity index (χ1v) is 5.95. The van der Waals surface area contributed by atoms with E-state index in [2.05, 4.69) is 0 Å². The predicted octanol–water partition coefficient (Wildman–Crippen LogP) is 1.59. The van der Waals surface area contributed by atoms with Gasteiger partial charge in [0.15, 0.2) is 0 Å². The average Bonchev–Trinajstić information content (AvgIpc) is 2.59. The second kappa shape index (κ2) is 5.87. The molecule has 0 N–H and O–H groups in total. The Hall–Kier alpha value is -1.06. The first-order valence-electron chi connectivity index (χ1n) is 5.95. The van der Waals surface area contributed by atoms with Crippen LogP contribution in [0.2, 0.25) is 0 Å². The van der Waals surface area contributed by atoms with Crippen LogP contribution in [0, 0.1) is 5.92 Å². The Labute approximate surface area is 96.9 Å². The number of carbonyl (C=O) groups excluding carboxylic acids is 2. The highest BCUT2D eigenvalue weighted by Crippen LogP contribution is 2.16. The zero-order valence-corrected chi connectivity index (χ0v) is 10.4. The van der Waals surface area contributed by atoms with Gasteiger partial charge in [0, 0.05) is 26.4 Å². The van der Waals surface area contributed by atoms with Crippen LogP contribution in [0.3, 0.4) is 0 Å². The van der Waals surface area contributed by atoms with E-state index in [0.717, 1.165) is 25.9 Å². The van der Waals surface area contributed by atoms with E-state index in [-0.39, 0.29) is 23.9 Å². The molecule has 1 unspecified atom stereocenters. The molecule has 1 heterocycles. The van der Waals surface area contributed by atoms with Gasteiger partial charge in [-0.15, -0.1) is 0 Å². The van der Waals surface area contributed by atoms with Crippen molar-refractivity contribution in [3.63, 3.8) is 0 Å². The van der Waals surface area contributed by atoms with E-state index in [1.54, 1.807) is 0 Å². The summed E-state index contributed by atoms with van der Waals surface area (Å²) < 4.78 is 5.11. The SMILES string of the molecule is CC(=O)OC(C)[C@H](C)CCN1CCCC1=O. The summed E-state index contributed by atoms with van der Waals surface area (Å²) in [6.07, 6.45) is 2.48. The van der Waals surface area contributed by atoms with E-state index < -0.39 is 0 Å². The number of likely N-dealkylation sites (tertiary alicyclic amines) is 1. The molecule has 0 aliphatic carbocycles. The van der Waals surface area contributed by atoms with Crippen LogP contribution in [0.4, 0.5) is 0 Å². The van der Waals surface area contributed by atoms with Crippen LogP contribution in [-0.4, -0.2) is 36.0 Å². The molecule has 0 aromatic carbocycles. The summed E-state index contributed by atoms with van der Waals surface area (Å²) >= 11 is 0. The van der Waals surface area contributed by atoms with Gasteiger partial charge in [0.25, 0.3) is 0 Å². The molecule has 0 bridgehead atoms. The van der Waals surface area contributed by atoms with Crippen LogP contribution in [0.15, 0.2) is 0 Å². The summed E-state index contributed by atoms with van der Waals surface area (Å²) in [5, 5.41) is 0. The summed E-state index contributed by atoms with van der Waals surface area (Å²) in [5.41, 5.74) is 0. The normalized spacial score (nSPS) is 19.7. The van der Waals surface area contributed by atoms with Crippen LogP contribution < -0.4 is 0 Å². The van der Waals surface area contributed by atoms with Gasteiger partial charge in [-0.3, -0.25) is 9.59 Å². The molecule has 1 saturated heterocycles. The van der Waals surface area contributed by atoms with Gasteiger partial charge in [-0.2, -0.15) is 0 Å². The van der Waals surface area contributed by atoms with E-state index in [1.807, 2.05) is 18.7 Å². The molecule has 0 saturated carbocycles. The van der Waals surface area contributed by atoms with Crippen molar-refractivity contribution in [2.45, 2.75) is 46.1 Å². The van der Waals surface area contributed by atoms with E-state index >= 15 is 0 Å². The van der Waals surface area contributed by atoms with Crippen LogP contribution >= 0.6 is 0 Å². The predicted molar refractivity (Wildman–Crippen MR) is 60.8 cm³/mol. The highest BCUT2D eigenvalue weighted by Gasteiger charge is 2.22. The second-order valence-corrected chi connectivity index (χ2v) is 4.56. The van der Waals surface area contributed by atoms with Crippen LogP contribution in [0.1, 0.15) is 40.0 Å². The molecule has 0 radical (unpaired) electrons. The summed E-state index contributed by atoms with van der Waals surface area (Å²) in [6, 6.07) is 0. The van der Waals surface area contributed by atoms with Crippen molar-refractivity contribution in [3.05, 3.63) is 0 Å². The third kappa shape index (κ3) is 3.83. The molecule has 1 amide bonds. The molecule has 4 nitrogen and oxygen atoms in total. The Balaban J connectivity index is 2.26. The Morgan fingerprint density at radius 2 is 2.19 bits per heavy atom. The Morgan fingerprint density at radius 3 is 2.69 bits per heavy atom. The zero-order chi connectivity index (χ0) is 12.1. The lowest BCUT2D eigenvalue weighted by molar-refractivity contribution is -0.148. The maximum absolute atomic E-state index is 11.4. The third-order valence-electron chi connectivity index (χ3n) is 3.18. The van der Waals surface area contributed by atoms with E-state index in [4.69, 9.17) is 4.74 Å². The van der Waals surface area contributed by atoms with Gasteiger partial charge in [0.1, 0.15) is 6.10 Å². The van der Waals surface area contributed by atoms with Gasteiger partial charge in [-0.05, 0) is 25.7 Å². The van der Waals surface area contributed by atoms with Crippen molar-refractivity contribution in [3.8, 4) is 0 Å². The number of esters is 1. The first-order chi connectivity index (χ1) is 7.50. The minimum Gasteiger partial charge on any atom is -0.463 e. The van der Waals surface area contributed by atoms with Gasteiger partial charge in [0.2, 0.25) is 5.91 Å². The van der Waals surface area contributed by atoms with Crippen molar-refractivity contribution >= 4 is 11.9 Å². The maximum Gasteiger partial charge on any atom is 0.302 e. The fraction of sp³-hybridized carbons (Fsp3) is 0.833. The molecule has 1 rings (SSSR count). The van der Waals surface area contributed by atoms with Gasteiger partial charge >= 0.3 is 5.97 Å². The van der Waals surface area contributed by atoms with Gasteiger partial charge in [0.05, 0.1) is 0 Å². The van der Waals surface area contributed by atoms with Crippen molar-refractivity contribution < 1.29 is 14.3 Å². The van der Waals surface area contributed by atoms with E-state index in [0.29, 0.717) is 6.42 Å². The number of rotatable bonds is 5. The highest BCUT2D eigenvalue weighted by molar-refractivity contribution is 5.77. The Bertz CT molecular complexity index is 265. The number of ether oxygens (including phenoxy) is 1. The largest absolute Gasteiger partial charge is 0.463 e. The van der Waals surface area contributed by atoms with Crippen LogP contribution in [0.5, 0.6) is 0 Å². The van der Waals surface area contributed by atoms with Gasteiger partial charge in [-0.25, -0.2) is 0 Å². The quantitative estimate of drug-likeness (QED) is 0.670. The molecule has 1 fully saturated rings. The first kappa shape index (κ1) is 13.0. The molecular weight excluding hydrogens is 206 g/mol. The lowest BCUT2D eigenvalue weighted by Crippen LogP contribution is -2.29. The number of hydrogen-bond donors (Lipinski definition) is 0. The summed E-state index contributed by atoms with van der Waals surface area (Å²) in [4.78, 5) is 24.1. The molecule has 1 aliphatic rings. The van der Waals surface area contributed by atoms with E-state index in [1.165, 1.54) is 6.92 Å². The number of carbonyl (C=O) groups is 2. The molecule has 2 atom stereocenters. The number of amides is 1. The molecular formula is C12H21NO3. The van der Waals surface area contributed by atoms with Crippen LogP contribution in [0.25, 0.3) is 0 Å². The Morgan fingerprint density at radius 1 is 1.50 bits per heavy atom. The number of nitrogens with zero attached hydrogens (tertiary/aromatic N) is 1. The fourth-order valence-electron chi connectivity index (χ4n) is 1.91. The summed E-state index contributed by atoms with van der Waals surface area (Å²) in [6.45, 7) is 7.04. The molecule has 0 aromatic rings. The maximum atomic E-state index is 11.4. The zero-order valence-electron chi connectivity index (χ0n) is 10.4. The van der Waals surface area contributed by atoms with Crippen molar-refractivity contribution in [1.29, 1.82) is 0 Å².